The summed E-state index contributed by atoms with van der Waals surface area (Å²) >= 11 is 5.87. The Morgan fingerprint density at radius 1 is 0.909 bits per heavy atom. The second kappa shape index (κ2) is 10.0. The Kier molecular flexibility index (Phi) is 7.12. The number of hydrogen-bond acceptors (Lipinski definition) is 3. The van der Waals surface area contributed by atoms with Crippen LogP contribution in [0.5, 0.6) is 0 Å². The minimum Gasteiger partial charge on any atom is -0.345 e. The molecular formula is C25H24ClFN2O3S. The molecule has 8 heteroatoms. The first-order valence-corrected chi connectivity index (χ1v) is 12.5. The lowest BCUT2D eigenvalue weighted by Gasteiger charge is -2.31. The molecule has 1 aliphatic rings. The molecule has 33 heavy (non-hydrogen) atoms. The standard InChI is InChI=1S/C25H24ClFN2O3S/c26-21-8-12-23(13-9-21)33(31,32)29-16-14-20(15-17-29)25(30)28-24(18-4-2-1-3-5-18)19-6-10-22(27)11-7-19/h1-13,20,24H,14-17H2,(H,28,30). The molecular weight excluding hydrogens is 463 g/mol. The number of rotatable bonds is 6. The van der Waals surface area contributed by atoms with E-state index in [0.717, 1.165) is 11.1 Å². The van der Waals surface area contributed by atoms with E-state index in [9.17, 15) is 17.6 Å². The highest BCUT2D eigenvalue weighted by molar-refractivity contribution is 7.89. The third-order valence-electron chi connectivity index (χ3n) is 5.90. The maximum atomic E-state index is 13.4. The van der Waals surface area contributed by atoms with Gasteiger partial charge in [0.25, 0.3) is 0 Å². The lowest BCUT2D eigenvalue weighted by Crippen LogP contribution is -2.43. The number of benzene rings is 3. The summed E-state index contributed by atoms with van der Waals surface area (Å²) in [5.74, 6) is -0.795. The highest BCUT2D eigenvalue weighted by Crippen LogP contribution is 2.27. The smallest absolute Gasteiger partial charge is 0.243 e. The van der Waals surface area contributed by atoms with Gasteiger partial charge in [-0.15, -0.1) is 0 Å². The number of carbonyl (C=O) groups is 1. The first-order chi connectivity index (χ1) is 15.8. The van der Waals surface area contributed by atoms with E-state index in [-0.39, 0.29) is 35.6 Å². The zero-order chi connectivity index (χ0) is 23.4. The van der Waals surface area contributed by atoms with Crippen molar-refractivity contribution in [3.8, 4) is 0 Å². The Morgan fingerprint density at radius 3 is 2.09 bits per heavy atom. The van der Waals surface area contributed by atoms with E-state index < -0.39 is 16.1 Å². The molecule has 1 unspecified atom stereocenters. The van der Waals surface area contributed by atoms with Gasteiger partial charge in [-0.05, 0) is 60.4 Å². The average Bonchev–Trinajstić information content (AvgIpc) is 2.84. The molecule has 3 aromatic carbocycles. The summed E-state index contributed by atoms with van der Waals surface area (Å²) in [4.78, 5) is 13.3. The summed E-state index contributed by atoms with van der Waals surface area (Å²) in [5.41, 5.74) is 1.67. The van der Waals surface area contributed by atoms with Crippen LogP contribution in [-0.4, -0.2) is 31.7 Å². The number of amides is 1. The van der Waals surface area contributed by atoms with Gasteiger partial charge in [-0.3, -0.25) is 4.79 Å². The van der Waals surface area contributed by atoms with Gasteiger partial charge in [0.05, 0.1) is 10.9 Å². The van der Waals surface area contributed by atoms with Crippen LogP contribution in [0.1, 0.15) is 30.0 Å². The molecule has 5 nitrogen and oxygen atoms in total. The number of piperidine rings is 1. The first-order valence-electron chi connectivity index (χ1n) is 10.7. The number of hydrogen-bond donors (Lipinski definition) is 1. The molecule has 1 fully saturated rings. The summed E-state index contributed by atoms with van der Waals surface area (Å²) in [5, 5.41) is 3.56. The number of nitrogens with one attached hydrogen (secondary N) is 1. The van der Waals surface area contributed by atoms with Crippen molar-refractivity contribution in [1.82, 2.24) is 9.62 Å². The molecule has 1 amide bonds. The normalized spacial score (nSPS) is 16.3. The van der Waals surface area contributed by atoms with Gasteiger partial charge in [-0.1, -0.05) is 54.1 Å². The van der Waals surface area contributed by atoms with Crippen molar-refractivity contribution < 1.29 is 17.6 Å². The number of halogens is 2. The van der Waals surface area contributed by atoms with Crippen LogP contribution in [0.25, 0.3) is 0 Å². The van der Waals surface area contributed by atoms with Crippen LogP contribution in [0.3, 0.4) is 0 Å². The Balaban J connectivity index is 1.45. The van der Waals surface area contributed by atoms with Gasteiger partial charge in [0.15, 0.2) is 0 Å². The van der Waals surface area contributed by atoms with Gasteiger partial charge in [0.1, 0.15) is 5.82 Å². The maximum absolute atomic E-state index is 13.4. The predicted octanol–water partition coefficient (Wildman–Crippen LogP) is 4.79. The highest BCUT2D eigenvalue weighted by Gasteiger charge is 2.33. The van der Waals surface area contributed by atoms with Crippen LogP contribution in [0, 0.1) is 11.7 Å². The van der Waals surface area contributed by atoms with Crippen molar-refractivity contribution in [3.05, 3.63) is 101 Å². The molecule has 3 aromatic rings. The molecule has 0 radical (unpaired) electrons. The highest BCUT2D eigenvalue weighted by atomic mass is 35.5. The van der Waals surface area contributed by atoms with Crippen molar-refractivity contribution >= 4 is 27.5 Å². The van der Waals surface area contributed by atoms with Crippen molar-refractivity contribution in [1.29, 1.82) is 0 Å². The fourth-order valence-corrected chi connectivity index (χ4v) is 5.63. The third-order valence-corrected chi connectivity index (χ3v) is 8.06. The second-order valence-electron chi connectivity index (χ2n) is 8.04. The fourth-order valence-electron chi connectivity index (χ4n) is 4.03. The summed E-state index contributed by atoms with van der Waals surface area (Å²) in [6, 6.07) is 21.2. The minimum atomic E-state index is -3.63. The molecule has 0 bridgehead atoms. The summed E-state index contributed by atoms with van der Waals surface area (Å²) < 4.78 is 40.6. The molecule has 0 aromatic heterocycles. The molecule has 0 saturated carbocycles. The SMILES string of the molecule is O=C(NC(c1ccccc1)c1ccc(F)cc1)C1CCN(S(=O)(=O)c2ccc(Cl)cc2)CC1. The number of carbonyl (C=O) groups excluding carboxylic acids is 1. The van der Waals surface area contributed by atoms with E-state index in [1.54, 1.807) is 24.3 Å². The van der Waals surface area contributed by atoms with E-state index in [4.69, 9.17) is 11.6 Å². The molecule has 1 aliphatic heterocycles. The topological polar surface area (TPSA) is 66.5 Å². The van der Waals surface area contributed by atoms with E-state index in [2.05, 4.69) is 5.32 Å². The summed E-state index contributed by atoms with van der Waals surface area (Å²) in [6.07, 6.45) is 0.840. The molecule has 1 atom stereocenters. The van der Waals surface area contributed by atoms with Crippen LogP contribution in [0.2, 0.25) is 5.02 Å². The number of sulfonamides is 1. The zero-order valence-electron chi connectivity index (χ0n) is 17.8. The van der Waals surface area contributed by atoms with Gasteiger partial charge in [-0.25, -0.2) is 12.8 Å². The van der Waals surface area contributed by atoms with Crippen LogP contribution in [-0.2, 0) is 14.8 Å². The van der Waals surface area contributed by atoms with Gasteiger partial charge in [0, 0.05) is 24.0 Å². The Labute approximate surface area is 198 Å². The molecule has 172 valence electrons. The van der Waals surface area contributed by atoms with Crippen molar-refractivity contribution in [2.24, 2.45) is 5.92 Å². The molecule has 4 rings (SSSR count). The van der Waals surface area contributed by atoms with Gasteiger partial charge >= 0.3 is 0 Å². The Morgan fingerprint density at radius 2 is 1.48 bits per heavy atom. The van der Waals surface area contributed by atoms with Crippen molar-refractivity contribution in [3.63, 3.8) is 0 Å². The van der Waals surface area contributed by atoms with Crippen LogP contribution >= 0.6 is 11.6 Å². The van der Waals surface area contributed by atoms with Gasteiger partial charge in [-0.2, -0.15) is 4.31 Å². The molecule has 1 saturated heterocycles. The zero-order valence-corrected chi connectivity index (χ0v) is 19.4. The minimum absolute atomic E-state index is 0.142. The Bertz CT molecular complexity index is 1190. The van der Waals surface area contributed by atoms with Crippen molar-refractivity contribution in [2.45, 2.75) is 23.8 Å². The maximum Gasteiger partial charge on any atom is 0.243 e. The first kappa shape index (κ1) is 23.4. The van der Waals surface area contributed by atoms with Crippen LogP contribution in [0.4, 0.5) is 4.39 Å². The Hall–Kier alpha value is -2.74. The van der Waals surface area contributed by atoms with Gasteiger partial charge in [0.2, 0.25) is 15.9 Å². The molecule has 1 heterocycles. The van der Waals surface area contributed by atoms with Crippen LogP contribution in [0.15, 0.2) is 83.8 Å². The summed E-state index contributed by atoms with van der Waals surface area (Å²) in [6.45, 7) is 0.519. The predicted molar refractivity (Wildman–Crippen MR) is 126 cm³/mol. The average molecular weight is 487 g/mol. The fraction of sp³-hybridized carbons (Fsp3) is 0.240. The van der Waals surface area contributed by atoms with E-state index in [1.807, 2.05) is 30.3 Å². The lowest BCUT2D eigenvalue weighted by molar-refractivity contribution is -0.126. The van der Waals surface area contributed by atoms with Gasteiger partial charge < -0.3 is 5.32 Å². The molecule has 1 N–H and O–H groups in total. The molecule has 0 aliphatic carbocycles. The van der Waals surface area contributed by atoms with E-state index >= 15 is 0 Å². The van der Waals surface area contributed by atoms with E-state index in [0.29, 0.717) is 17.9 Å². The monoisotopic (exact) mass is 486 g/mol. The number of nitrogens with zero attached hydrogens (tertiary/aromatic N) is 1. The third kappa shape index (κ3) is 5.43. The van der Waals surface area contributed by atoms with Crippen LogP contribution < -0.4 is 5.32 Å². The summed E-state index contributed by atoms with van der Waals surface area (Å²) in [7, 11) is -3.63. The lowest BCUT2D eigenvalue weighted by atomic mass is 9.94. The van der Waals surface area contributed by atoms with E-state index in [1.165, 1.54) is 28.6 Å². The quantitative estimate of drug-likeness (QED) is 0.545. The second-order valence-corrected chi connectivity index (χ2v) is 10.4. The largest absolute Gasteiger partial charge is 0.345 e. The molecule has 0 spiro atoms. The van der Waals surface area contributed by atoms with Crippen molar-refractivity contribution in [2.75, 3.05) is 13.1 Å².